The van der Waals surface area contributed by atoms with Crippen molar-refractivity contribution in [2.45, 2.75) is 13.8 Å². The normalized spacial score (nSPS) is 11.3. The monoisotopic (exact) mass is 562 g/mol. The molecule has 0 unspecified atom stereocenters. The summed E-state index contributed by atoms with van der Waals surface area (Å²) >= 11 is 4.76. The average molecular weight is 563 g/mol. The van der Waals surface area contributed by atoms with Gasteiger partial charge < -0.3 is 9.47 Å². The van der Waals surface area contributed by atoms with Gasteiger partial charge in [0, 0.05) is 21.2 Å². The van der Waals surface area contributed by atoms with Gasteiger partial charge in [0.1, 0.15) is 22.5 Å². The predicted octanol–water partition coefficient (Wildman–Crippen LogP) is 10.5. The molecule has 3 heterocycles. The SMILES string of the molecule is Cc1cccc(C)c1-c1sc2ccsc2c1-c1c(Oc2ccccc2)c(Oc2ccccc2)cc2nsnc12. The van der Waals surface area contributed by atoms with Crippen molar-refractivity contribution in [3.05, 3.63) is 108 Å². The summed E-state index contributed by atoms with van der Waals surface area (Å²) in [6.45, 7) is 4.35. The van der Waals surface area contributed by atoms with E-state index in [0.29, 0.717) is 11.5 Å². The molecule has 0 amide bonds. The van der Waals surface area contributed by atoms with Crippen LogP contribution in [0.2, 0.25) is 0 Å². The number of aromatic nitrogens is 2. The van der Waals surface area contributed by atoms with E-state index in [0.717, 1.165) is 33.7 Å². The lowest BCUT2D eigenvalue weighted by atomic mass is 9.95. The van der Waals surface area contributed by atoms with Crippen LogP contribution in [0.5, 0.6) is 23.0 Å². The predicted molar refractivity (Wildman–Crippen MR) is 164 cm³/mol. The van der Waals surface area contributed by atoms with Crippen molar-refractivity contribution in [1.29, 1.82) is 0 Å². The Labute approximate surface area is 238 Å². The molecule has 4 nitrogen and oxygen atoms in total. The number of nitrogens with zero attached hydrogens (tertiary/aromatic N) is 2. The highest BCUT2D eigenvalue weighted by molar-refractivity contribution is 7.30. The fourth-order valence-corrected chi connectivity index (χ4v) is 8.00. The van der Waals surface area contributed by atoms with Gasteiger partial charge in [-0.15, -0.1) is 22.7 Å². The fraction of sp³-hybridized carbons (Fsp3) is 0.0625. The number of benzene rings is 4. The number of rotatable bonds is 6. The molecule has 0 spiro atoms. The Kier molecular flexibility index (Phi) is 6.12. The van der Waals surface area contributed by atoms with Gasteiger partial charge in [0.05, 0.1) is 22.0 Å². The molecule has 0 saturated carbocycles. The van der Waals surface area contributed by atoms with Gasteiger partial charge in [-0.2, -0.15) is 8.75 Å². The number of para-hydroxylation sites is 2. The van der Waals surface area contributed by atoms with Crippen molar-refractivity contribution in [3.63, 3.8) is 0 Å². The van der Waals surface area contributed by atoms with Crippen molar-refractivity contribution < 1.29 is 9.47 Å². The van der Waals surface area contributed by atoms with Crippen molar-refractivity contribution in [3.8, 4) is 44.6 Å². The summed E-state index contributed by atoms with van der Waals surface area (Å²) in [6.07, 6.45) is 0. The lowest BCUT2D eigenvalue weighted by molar-refractivity contribution is 0.421. The molecule has 0 atom stereocenters. The van der Waals surface area contributed by atoms with Gasteiger partial charge in [-0.3, -0.25) is 0 Å². The summed E-state index contributed by atoms with van der Waals surface area (Å²) in [7, 11) is 0. The number of hydrogen-bond donors (Lipinski definition) is 0. The zero-order chi connectivity index (χ0) is 26.3. The first-order valence-corrected chi connectivity index (χ1v) is 14.9. The van der Waals surface area contributed by atoms with Crippen LogP contribution in [0.4, 0.5) is 0 Å². The summed E-state index contributed by atoms with van der Waals surface area (Å²) in [5.41, 5.74) is 7.33. The van der Waals surface area contributed by atoms with Crippen LogP contribution >= 0.6 is 34.4 Å². The molecule has 7 heteroatoms. The summed E-state index contributed by atoms with van der Waals surface area (Å²) in [5.74, 6) is 2.69. The van der Waals surface area contributed by atoms with Crippen LogP contribution in [0.3, 0.4) is 0 Å². The molecule has 7 rings (SSSR count). The van der Waals surface area contributed by atoms with Gasteiger partial charge in [0.25, 0.3) is 0 Å². The second kappa shape index (κ2) is 9.93. The first-order valence-electron chi connectivity index (χ1n) is 12.5. The van der Waals surface area contributed by atoms with Gasteiger partial charge in [0.15, 0.2) is 11.5 Å². The Morgan fingerprint density at radius 2 is 1.36 bits per heavy atom. The van der Waals surface area contributed by atoms with E-state index >= 15 is 0 Å². The summed E-state index contributed by atoms with van der Waals surface area (Å²) in [5, 5.41) is 2.15. The molecule has 0 aliphatic heterocycles. The molecule has 4 aromatic carbocycles. The third kappa shape index (κ3) is 4.29. The minimum absolute atomic E-state index is 0.601. The molecule has 7 aromatic rings. The van der Waals surface area contributed by atoms with Gasteiger partial charge in [-0.25, -0.2) is 0 Å². The zero-order valence-electron chi connectivity index (χ0n) is 21.2. The Hall–Kier alpha value is -4.04. The highest BCUT2D eigenvalue weighted by atomic mass is 32.1. The molecule has 39 heavy (non-hydrogen) atoms. The van der Waals surface area contributed by atoms with E-state index in [1.165, 1.54) is 42.7 Å². The first-order chi connectivity index (χ1) is 19.2. The van der Waals surface area contributed by atoms with E-state index in [9.17, 15) is 0 Å². The van der Waals surface area contributed by atoms with Crippen LogP contribution in [-0.4, -0.2) is 8.75 Å². The second-order valence-corrected chi connectivity index (χ2v) is 11.7. The van der Waals surface area contributed by atoms with Crippen LogP contribution in [0, 0.1) is 13.8 Å². The Morgan fingerprint density at radius 3 is 2.08 bits per heavy atom. The van der Waals surface area contributed by atoms with Crippen LogP contribution in [0.1, 0.15) is 11.1 Å². The molecular weight excluding hydrogens is 541 g/mol. The highest BCUT2D eigenvalue weighted by Gasteiger charge is 2.28. The van der Waals surface area contributed by atoms with Gasteiger partial charge in [-0.05, 0) is 66.2 Å². The summed E-state index contributed by atoms with van der Waals surface area (Å²) in [4.78, 5) is 1.21. The minimum Gasteiger partial charge on any atom is -0.453 e. The fourth-order valence-electron chi connectivity index (χ4n) is 4.91. The Bertz CT molecular complexity index is 1920. The Morgan fingerprint density at radius 1 is 0.667 bits per heavy atom. The van der Waals surface area contributed by atoms with E-state index in [2.05, 4.69) is 47.9 Å². The van der Waals surface area contributed by atoms with Gasteiger partial charge in [-0.1, -0.05) is 54.6 Å². The third-order valence-electron chi connectivity index (χ3n) is 6.66. The largest absolute Gasteiger partial charge is 0.453 e. The molecule has 0 bridgehead atoms. The quantitative estimate of drug-likeness (QED) is 0.202. The number of hydrogen-bond acceptors (Lipinski definition) is 7. The topological polar surface area (TPSA) is 44.2 Å². The standard InChI is InChI=1S/C32H22N2O2S3/c1-19-10-9-11-20(2)26(19)32-28(31-25(38-32)16-17-37-31)27-29-23(33-39-34-29)18-24(35-21-12-5-3-6-13-21)30(27)36-22-14-7-4-8-15-22/h3-18H,1-2H3. The number of aryl methyl sites for hydroxylation is 2. The van der Waals surface area contributed by atoms with Crippen LogP contribution in [0.15, 0.2) is 96.4 Å². The molecule has 0 radical (unpaired) electrons. The number of fused-ring (bicyclic) bond motifs is 2. The average Bonchev–Trinajstić information content (AvgIpc) is 3.67. The third-order valence-corrected chi connectivity index (χ3v) is 9.43. The van der Waals surface area contributed by atoms with E-state index < -0.39 is 0 Å². The van der Waals surface area contributed by atoms with Crippen LogP contribution in [0.25, 0.3) is 42.0 Å². The molecule has 0 aliphatic rings. The summed E-state index contributed by atoms with van der Waals surface area (Å²) in [6, 6.07) is 30.2. The lowest BCUT2D eigenvalue weighted by Gasteiger charge is -2.18. The zero-order valence-corrected chi connectivity index (χ0v) is 23.6. The Balaban J connectivity index is 1.58. The van der Waals surface area contributed by atoms with Crippen molar-refractivity contribution in [2.75, 3.05) is 0 Å². The van der Waals surface area contributed by atoms with Gasteiger partial charge >= 0.3 is 0 Å². The minimum atomic E-state index is 0.601. The lowest BCUT2D eigenvalue weighted by Crippen LogP contribution is -1.96. The maximum Gasteiger partial charge on any atom is 0.180 e. The first kappa shape index (κ1) is 24.0. The van der Waals surface area contributed by atoms with E-state index in [1.54, 1.807) is 11.3 Å². The van der Waals surface area contributed by atoms with Crippen LogP contribution < -0.4 is 9.47 Å². The van der Waals surface area contributed by atoms with Gasteiger partial charge in [0.2, 0.25) is 0 Å². The van der Waals surface area contributed by atoms with Crippen molar-refractivity contribution >= 4 is 54.8 Å². The van der Waals surface area contributed by atoms with Crippen LogP contribution in [-0.2, 0) is 0 Å². The second-order valence-electron chi connectivity index (χ2n) is 9.23. The van der Waals surface area contributed by atoms with E-state index in [1.807, 2.05) is 78.1 Å². The summed E-state index contributed by atoms with van der Waals surface area (Å²) < 4.78 is 25.1. The molecule has 3 aromatic heterocycles. The highest BCUT2D eigenvalue weighted by Crippen LogP contribution is 2.55. The maximum absolute atomic E-state index is 6.71. The van der Waals surface area contributed by atoms with Crippen molar-refractivity contribution in [2.24, 2.45) is 0 Å². The smallest absolute Gasteiger partial charge is 0.180 e. The van der Waals surface area contributed by atoms with E-state index in [-0.39, 0.29) is 0 Å². The van der Waals surface area contributed by atoms with E-state index in [4.69, 9.17) is 13.8 Å². The molecular formula is C32H22N2O2S3. The number of thiophene rings is 2. The van der Waals surface area contributed by atoms with Crippen molar-refractivity contribution in [1.82, 2.24) is 8.75 Å². The molecule has 190 valence electrons. The molecule has 0 fully saturated rings. The maximum atomic E-state index is 6.71. The molecule has 0 N–H and O–H groups in total. The molecule has 0 saturated heterocycles. The number of ether oxygens (including phenoxy) is 2. The molecule has 0 aliphatic carbocycles.